The van der Waals surface area contributed by atoms with Gasteiger partial charge in [0, 0.05) is 26.9 Å². The van der Waals surface area contributed by atoms with E-state index in [0.29, 0.717) is 23.0 Å². The molecule has 126 valence electrons. The summed E-state index contributed by atoms with van der Waals surface area (Å²) in [5.74, 6) is 0.545. The minimum atomic E-state index is -0.209. The molecule has 24 heavy (non-hydrogen) atoms. The number of hydrogen-bond donors (Lipinski definition) is 2. The SMILES string of the molecule is CN(C(=O)CCC(=O)N(C)c1ccc(N)cn1)c1ccc(N)cn1. The third kappa shape index (κ3) is 4.19. The van der Waals surface area contributed by atoms with Crippen LogP contribution in [0.5, 0.6) is 0 Å². The number of rotatable bonds is 5. The number of nitrogen functional groups attached to an aromatic ring is 2. The normalized spacial score (nSPS) is 10.2. The molecule has 0 saturated carbocycles. The fourth-order valence-electron chi connectivity index (χ4n) is 2.00. The average molecular weight is 328 g/mol. The fraction of sp³-hybridized carbons (Fsp3) is 0.250. The molecule has 2 aromatic heterocycles. The lowest BCUT2D eigenvalue weighted by molar-refractivity contribution is -0.123. The highest BCUT2D eigenvalue weighted by Crippen LogP contribution is 2.14. The number of anilines is 4. The van der Waals surface area contributed by atoms with Gasteiger partial charge in [-0.15, -0.1) is 0 Å². The Bertz CT molecular complexity index is 651. The first-order chi connectivity index (χ1) is 11.4. The van der Waals surface area contributed by atoms with Crippen LogP contribution in [0.1, 0.15) is 12.8 Å². The van der Waals surface area contributed by atoms with E-state index in [2.05, 4.69) is 9.97 Å². The largest absolute Gasteiger partial charge is 0.397 e. The van der Waals surface area contributed by atoms with Crippen LogP contribution in [0.3, 0.4) is 0 Å². The Labute approximate surface area is 140 Å². The van der Waals surface area contributed by atoms with Crippen LogP contribution in [-0.4, -0.2) is 35.9 Å². The summed E-state index contributed by atoms with van der Waals surface area (Å²) >= 11 is 0. The molecule has 0 aliphatic rings. The van der Waals surface area contributed by atoms with Crippen molar-refractivity contribution < 1.29 is 9.59 Å². The summed E-state index contributed by atoms with van der Waals surface area (Å²) in [6.45, 7) is 0. The highest BCUT2D eigenvalue weighted by Gasteiger charge is 2.17. The van der Waals surface area contributed by atoms with Crippen LogP contribution in [0.2, 0.25) is 0 Å². The summed E-state index contributed by atoms with van der Waals surface area (Å²) in [6, 6.07) is 6.63. The van der Waals surface area contributed by atoms with E-state index in [4.69, 9.17) is 11.5 Å². The summed E-state index contributed by atoms with van der Waals surface area (Å²) in [7, 11) is 3.22. The van der Waals surface area contributed by atoms with Crippen molar-refractivity contribution in [3.05, 3.63) is 36.7 Å². The predicted molar refractivity (Wildman–Crippen MR) is 93.4 cm³/mol. The Morgan fingerprint density at radius 2 is 1.21 bits per heavy atom. The Morgan fingerprint density at radius 3 is 1.50 bits per heavy atom. The van der Waals surface area contributed by atoms with E-state index in [1.165, 1.54) is 22.2 Å². The molecule has 2 rings (SSSR count). The first kappa shape index (κ1) is 17.2. The van der Waals surface area contributed by atoms with Gasteiger partial charge in [-0.05, 0) is 24.3 Å². The standard InChI is InChI=1S/C16H20N6O2/c1-21(13-5-3-11(17)9-19-13)15(23)7-8-16(24)22(2)14-6-4-12(18)10-20-14/h3-6,9-10H,7-8,17-18H2,1-2H3. The van der Waals surface area contributed by atoms with Gasteiger partial charge < -0.3 is 11.5 Å². The lowest BCUT2D eigenvalue weighted by Gasteiger charge is -2.18. The molecule has 0 aliphatic heterocycles. The second-order valence-electron chi connectivity index (χ2n) is 5.30. The number of carbonyl (C=O) groups is 2. The van der Waals surface area contributed by atoms with Crippen molar-refractivity contribution in [2.75, 3.05) is 35.4 Å². The van der Waals surface area contributed by atoms with Gasteiger partial charge in [-0.2, -0.15) is 0 Å². The molecule has 8 nitrogen and oxygen atoms in total. The molecule has 0 spiro atoms. The van der Waals surface area contributed by atoms with E-state index in [0.717, 1.165) is 0 Å². The molecule has 0 aliphatic carbocycles. The molecular weight excluding hydrogens is 308 g/mol. The van der Waals surface area contributed by atoms with E-state index in [9.17, 15) is 9.59 Å². The number of aromatic nitrogens is 2. The first-order valence-corrected chi connectivity index (χ1v) is 7.34. The molecule has 0 fully saturated rings. The minimum Gasteiger partial charge on any atom is -0.397 e. The molecule has 2 heterocycles. The van der Waals surface area contributed by atoms with E-state index in [1.54, 1.807) is 38.4 Å². The maximum absolute atomic E-state index is 12.2. The Morgan fingerprint density at radius 1 is 0.833 bits per heavy atom. The van der Waals surface area contributed by atoms with Crippen molar-refractivity contribution in [1.29, 1.82) is 0 Å². The summed E-state index contributed by atoms with van der Waals surface area (Å²) in [6.07, 6.45) is 3.09. The van der Waals surface area contributed by atoms with Gasteiger partial charge in [0.1, 0.15) is 11.6 Å². The van der Waals surface area contributed by atoms with Crippen molar-refractivity contribution in [3.8, 4) is 0 Å². The maximum Gasteiger partial charge on any atom is 0.228 e. The van der Waals surface area contributed by atoms with Gasteiger partial charge in [-0.3, -0.25) is 19.4 Å². The third-order valence-corrected chi connectivity index (χ3v) is 3.53. The molecule has 0 saturated heterocycles. The lowest BCUT2D eigenvalue weighted by atomic mass is 10.2. The van der Waals surface area contributed by atoms with E-state index < -0.39 is 0 Å². The zero-order chi connectivity index (χ0) is 17.7. The maximum atomic E-state index is 12.2. The second-order valence-corrected chi connectivity index (χ2v) is 5.30. The molecule has 0 aromatic carbocycles. The van der Waals surface area contributed by atoms with Crippen LogP contribution >= 0.6 is 0 Å². The highest BCUT2D eigenvalue weighted by atomic mass is 16.2. The van der Waals surface area contributed by atoms with Gasteiger partial charge in [0.15, 0.2) is 0 Å². The van der Waals surface area contributed by atoms with Crippen molar-refractivity contribution in [2.45, 2.75) is 12.8 Å². The van der Waals surface area contributed by atoms with Gasteiger partial charge in [0.05, 0.1) is 23.8 Å². The van der Waals surface area contributed by atoms with Gasteiger partial charge in [-0.25, -0.2) is 9.97 Å². The molecule has 8 heteroatoms. The highest BCUT2D eigenvalue weighted by molar-refractivity contribution is 5.97. The molecule has 0 unspecified atom stereocenters. The fourth-order valence-corrected chi connectivity index (χ4v) is 2.00. The summed E-state index contributed by atoms with van der Waals surface area (Å²) in [5, 5.41) is 0. The molecule has 4 N–H and O–H groups in total. The summed E-state index contributed by atoms with van der Waals surface area (Å²) in [4.78, 5) is 35.3. The van der Waals surface area contributed by atoms with Crippen LogP contribution in [0.15, 0.2) is 36.7 Å². The van der Waals surface area contributed by atoms with Crippen molar-refractivity contribution in [2.24, 2.45) is 0 Å². The Balaban J connectivity index is 1.91. The van der Waals surface area contributed by atoms with E-state index in [1.807, 2.05) is 0 Å². The van der Waals surface area contributed by atoms with Gasteiger partial charge in [0.25, 0.3) is 0 Å². The van der Waals surface area contributed by atoms with Crippen LogP contribution in [-0.2, 0) is 9.59 Å². The van der Waals surface area contributed by atoms with Crippen LogP contribution in [0.4, 0.5) is 23.0 Å². The predicted octanol–water partition coefficient (Wildman–Crippen LogP) is 1.05. The number of nitrogens with two attached hydrogens (primary N) is 2. The minimum absolute atomic E-state index is 0.0701. The lowest BCUT2D eigenvalue weighted by Crippen LogP contribution is -2.31. The zero-order valence-electron chi connectivity index (χ0n) is 13.6. The number of hydrogen-bond acceptors (Lipinski definition) is 6. The van der Waals surface area contributed by atoms with Gasteiger partial charge >= 0.3 is 0 Å². The third-order valence-electron chi connectivity index (χ3n) is 3.53. The number of carbonyl (C=O) groups excluding carboxylic acids is 2. The van der Waals surface area contributed by atoms with Crippen LogP contribution in [0, 0.1) is 0 Å². The summed E-state index contributed by atoms with van der Waals surface area (Å²) in [5.41, 5.74) is 12.2. The zero-order valence-corrected chi connectivity index (χ0v) is 13.6. The van der Waals surface area contributed by atoms with Crippen molar-refractivity contribution in [3.63, 3.8) is 0 Å². The molecule has 2 amide bonds. The van der Waals surface area contributed by atoms with Crippen molar-refractivity contribution in [1.82, 2.24) is 9.97 Å². The van der Waals surface area contributed by atoms with Gasteiger partial charge in [-0.1, -0.05) is 0 Å². The van der Waals surface area contributed by atoms with Gasteiger partial charge in [0.2, 0.25) is 11.8 Å². The Kier molecular flexibility index (Phi) is 5.31. The number of pyridine rings is 2. The first-order valence-electron chi connectivity index (χ1n) is 7.34. The molecule has 0 bridgehead atoms. The Hall–Kier alpha value is -3.16. The summed E-state index contributed by atoms with van der Waals surface area (Å²) < 4.78 is 0. The average Bonchev–Trinajstić information content (AvgIpc) is 2.59. The van der Waals surface area contributed by atoms with Crippen molar-refractivity contribution >= 4 is 34.8 Å². The molecule has 0 radical (unpaired) electrons. The van der Waals surface area contributed by atoms with Crippen LogP contribution in [0.25, 0.3) is 0 Å². The second kappa shape index (κ2) is 7.40. The molecule has 0 atom stereocenters. The topological polar surface area (TPSA) is 118 Å². The number of amides is 2. The van der Waals surface area contributed by atoms with E-state index >= 15 is 0 Å². The smallest absolute Gasteiger partial charge is 0.228 e. The quantitative estimate of drug-likeness (QED) is 0.847. The monoisotopic (exact) mass is 328 g/mol. The van der Waals surface area contributed by atoms with Crippen LogP contribution < -0.4 is 21.3 Å². The van der Waals surface area contributed by atoms with E-state index in [-0.39, 0.29) is 24.7 Å². The molecule has 2 aromatic rings. The molecular formula is C16H20N6O2. The number of nitrogens with zero attached hydrogens (tertiary/aromatic N) is 4.